The highest BCUT2D eigenvalue weighted by molar-refractivity contribution is 5.91. The molecule has 8 heteroatoms. The van der Waals surface area contributed by atoms with Crippen LogP contribution in [-0.4, -0.2) is 56.7 Å². The Morgan fingerprint density at radius 2 is 1.75 bits per heavy atom. The van der Waals surface area contributed by atoms with E-state index >= 15 is 0 Å². The van der Waals surface area contributed by atoms with Crippen LogP contribution in [0.25, 0.3) is 0 Å². The Morgan fingerprint density at radius 3 is 2.41 bits per heavy atom. The SMILES string of the molecule is CCn1nc(C)c(CNC(=O)c2coc(CN3CCN(Cc4ccccc4)CC3)n2)c1C. The maximum Gasteiger partial charge on any atom is 0.273 e. The monoisotopic (exact) mass is 436 g/mol. The van der Waals surface area contributed by atoms with E-state index in [1.165, 1.54) is 11.8 Å². The van der Waals surface area contributed by atoms with Crippen molar-refractivity contribution in [3.8, 4) is 0 Å². The zero-order valence-corrected chi connectivity index (χ0v) is 19.2. The molecule has 1 aromatic carbocycles. The molecule has 0 unspecified atom stereocenters. The van der Waals surface area contributed by atoms with Crippen LogP contribution in [0.15, 0.2) is 41.0 Å². The number of benzene rings is 1. The fourth-order valence-electron chi connectivity index (χ4n) is 4.18. The lowest BCUT2D eigenvalue weighted by Crippen LogP contribution is -2.45. The number of oxazole rings is 1. The molecule has 1 amide bonds. The van der Waals surface area contributed by atoms with E-state index in [1.807, 2.05) is 18.5 Å². The number of nitrogens with zero attached hydrogens (tertiary/aromatic N) is 5. The Labute approximate surface area is 189 Å². The normalized spacial score (nSPS) is 15.2. The fourth-order valence-corrected chi connectivity index (χ4v) is 4.18. The summed E-state index contributed by atoms with van der Waals surface area (Å²) in [6.07, 6.45) is 1.45. The average Bonchev–Trinajstić information content (AvgIpc) is 3.38. The standard InChI is InChI=1S/C24H32N6O2/c1-4-30-19(3)21(18(2)27-30)14-25-24(31)22-17-32-23(26-22)16-29-12-10-28(11-13-29)15-20-8-6-5-7-9-20/h5-9,17H,4,10-16H2,1-3H3,(H,25,31). The van der Waals surface area contributed by atoms with E-state index in [4.69, 9.17) is 4.42 Å². The molecule has 0 radical (unpaired) electrons. The highest BCUT2D eigenvalue weighted by Gasteiger charge is 2.20. The second kappa shape index (κ2) is 10.1. The highest BCUT2D eigenvalue weighted by Crippen LogP contribution is 2.14. The van der Waals surface area contributed by atoms with Gasteiger partial charge in [0.2, 0.25) is 5.89 Å². The number of aromatic nitrogens is 3. The first-order valence-corrected chi connectivity index (χ1v) is 11.3. The summed E-state index contributed by atoms with van der Waals surface area (Å²) < 4.78 is 7.54. The number of aryl methyl sites for hydroxylation is 2. The van der Waals surface area contributed by atoms with Crippen LogP contribution >= 0.6 is 0 Å². The smallest absolute Gasteiger partial charge is 0.273 e. The fraction of sp³-hybridized carbons (Fsp3) is 0.458. The number of hydrogen-bond donors (Lipinski definition) is 1. The van der Waals surface area contributed by atoms with E-state index in [0.717, 1.165) is 56.2 Å². The summed E-state index contributed by atoms with van der Waals surface area (Å²) in [6, 6.07) is 10.6. The quantitative estimate of drug-likeness (QED) is 0.585. The van der Waals surface area contributed by atoms with Gasteiger partial charge in [-0.15, -0.1) is 0 Å². The van der Waals surface area contributed by atoms with Crippen molar-refractivity contribution in [1.82, 2.24) is 29.9 Å². The molecule has 0 aliphatic carbocycles. The summed E-state index contributed by atoms with van der Waals surface area (Å²) >= 11 is 0. The molecule has 0 bridgehead atoms. The van der Waals surface area contributed by atoms with E-state index < -0.39 is 0 Å². The summed E-state index contributed by atoms with van der Waals surface area (Å²) in [5, 5.41) is 7.44. The first-order chi connectivity index (χ1) is 15.5. The maximum atomic E-state index is 12.6. The Balaban J connectivity index is 1.25. The number of piperazine rings is 1. The molecule has 2 aromatic heterocycles. The van der Waals surface area contributed by atoms with Crippen LogP contribution in [-0.2, 0) is 26.2 Å². The third kappa shape index (κ3) is 5.26. The largest absolute Gasteiger partial charge is 0.447 e. The maximum absolute atomic E-state index is 12.6. The van der Waals surface area contributed by atoms with E-state index in [0.29, 0.717) is 24.7 Å². The Kier molecular flexibility index (Phi) is 7.02. The van der Waals surface area contributed by atoms with Crippen molar-refractivity contribution in [3.05, 3.63) is 70.7 Å². The van der Waals surface area contributed by atoms with E-state index in [-0.39, 0.29) is 5.91 Å². The lowest BCUT2D eigenvalue weighted by Gasteiger charge is -2.34. The molecule has 1 N–H and O–H groups in total. The number of amides is 1. The molecule has 3 heterocycles. The Bertz CT molecular complexity index is 1030. The van der Waals surface area contributed by atoms with Crippen LogP contribution < -0.4 is 5.32 Å². The molecule has 1 aliphatic heterocycles. The van der Waals surface area contributed by atoms with Gasteiger partial charge in [0.05, 0.1) is 12.2 Å². The lowest BCUT2D eigenvalue weighted by molar-refractivity contribution is 0.0945. The van der Waals surface area contributed by atoms with Gasteiger partial charge in [0.15, 0.2) is 5.69 Å². The van der Waals surface area contributed by atoms with Crippen LogP contribution in [0.2, 0.25) is 0 Å². The number of hydrogen-bond acceptors (Lipinski definition) is 6. The van der Waals surface area contributed by atoms with Gasteiger partial charge in [-0.2, -0.15) is 5.10 Å². The van der Waals surface area contributed by atoms with Crippen LogP contribution in [0.5, 0.6) is 0 Å². The lowest BCUT2D eigenvalue weighted by atomic mass is 10.2. The molecule has 4 rings (SSSR count). The zero-order chi connectivity index (χ0) is 22.5. The molecule has 3 aromatic rings. The first kappa shape index (κ1) is 22.2. The van der Waals surface area contributed by atoms with Gasteiger partial charge in [0.1, 0.15) is 6.26 Å². The number of carbonyl (C=O) groups excluding carboxylic acids is 1. The molecule has 1 aliphatic rings. The van der Waals surface area contributed by atoms with Crippen LogP contribution in [0.4, 0.5) is 0 Å². The minimum absolute atomic E-state index is 0.226. The second-order valence-corrected chi connectivity index (χ2v) is 8.31. The molecule has 8 nitrogen and oxygen atoms in total. The van der Waals surface area contributed by atoms with Gasteiger partial charge in [-0.05, 0) is 26.3 Å². The van der Waals surface area contributed by atoms with Crippen LogP contribution in [0.3, 0.4) is 0 Å². The Morgan fingerprint density at radius 1 is 1.06 bits per heavy atom. The molecule has 1 fully saturated rings. The van der Waals surface area contributed by atoms with Gasteiger partial charge >= 0.3 is 0 Å². The zero-order valence-electron chi connectivity index (χ0n) is 19.2. The molecule has 32 heavy (non-hydrogen) atoms. The van der Waals surface area contributed by atoms with Crippen molar-refractivity contribution < 1.29 is 9.21 Å². The topological polar surface area (TPSA) is 79.4 Å². The van der Waals surface area contributed by atoms with Crippen LogP contribution in [0, 0.1) is 13.8 Å². The van der Waals surface area contributed by atoms with Gasteiger partial charge in [-0.3, -0.25) is 19.3 Å². The average molecular weight is 437 g/mol. The summed E-state index contributed by atoms with van der Waals surface area (Å²) in [5.41, 5.74) is 4.74. The summed E-state index contributed by atoms with van der Waals surface area (Å²) in [4.78, 5) is 21.8. The Hall–Kier alpha value is -2.97. The second-order valence-electron chi connectivity index (χ2n) is 8.31. The molecular weight excluding hydrogens is 404 g/mol. The number of rotatable bonds is 8. The predicted molar refractivity (Wildman–Crippen MR) is 122 cm³/mol. The van der Waals surface area contributed by atoms with E-state index in [2.05, 4.69) is 62.5 Å². The number of nitrogens with one attached hydrogen (secondary N) is 1. The van der Waals surface area contributed by atoms with Crippen molar-refractivity contribution in [2.24, 2.45) is 0 Å². The molecule has 170 valence electrons. The van der Waals surface area contributed by atoms with E-state index in [1.54, 1.807) is 0 Å². The van der Waals surface area contributed by atoms with Gasteiger partial charge in [0.25, 0.3) is 5.91 Å². The van der Waals surface area contributed by atoms with Gasteiger partial charge in [0, 0.05) is 57.1 Å². The molecule has 0 spiro atoms. The predicted octanol–water partition coefficient (Wildman–Crippen LogP) is 2.76. The molecule has 0 saturated carbocycles. The summed E-state index contributed by atoms with van der Waals surface area (Å²) in [7, 11) is 0. The minimum atomic E-state index is -0.226. The van der Waals surface area contributed by atoms with Crippen molar-refractivity contribution in [2.75, 3.05) is 26.2 Å². The molecule has 0 atom stereocenters. The van der Waals surface area contributed by atoms with Gasteiger partial charge in [-0.1, -0.05) is 30.3 Å². The van der Waals surface area contributed by atoms with Crippen molar-refractivity contribution in [3.63, 3.8) is 0 Å². The highest BCUT2D eigenvalue weighted by atomic mass is 16.3. The molecular formula is C24H32N6O2. The van der Waals surface area contributed by atoms with Gasteiger partial charge < -0.3 is 9.73 Å². The van der Waals surface area contributed by atoms with Gasteiger partial charge in [-0.25, -0.2) is 4.98 Å². The van der Waals surface area contributed by atoms with E-state index in [9.17, 15) is 4.79 Å². The third-order valence-corrected chi connectivity index (χ3v) is 6.11. The van der Waals surface area contributed by atoms with Crippen molar-refractivity contribution >= 4 is 5.91 Å². The minimum Gasteiger partial charge on any atom is -0.447 e. The molecule has 1 saturated heterocycles. The first-order valence-electron chi connectivity index (χ1n) is 11.3. The van der Waals surface area contributed by atoms with Crippen LogP contribution in [0.1, 0.15) is 45.8 Å². The summed E-state index contributed by atoms with van der Waals surface area (Å²) in [6.45, 7) is 12.8. The third-order valence-electron chi connectivity index (χ3n) is 6.11. The number of carbonyl (C=O) groups is 1. The summed E-state index contributed by atoms with van der Waals surface area (Å²) in [5.74, 6) is 0.355. The van der Waals surface area contributed by atoms with Crippen molar-refractivity contribution in [2.45, 2.75) is 47.0 Å². The van der Waals surface area contributed by atoms with Crippen molar-refractivity contribution in [1.29, 1.82) is 0 Å².